The third-order valence-corrected chi connectivity index (χ3v) is 5.98. The molecule has 0 aromatic heterocycles. The SMILES string of the molecule is O=S(=O)(NC1c2ccccc2CC1O)N1CCCCCC1. The van der Waals surface area contributed by atoms with Gasteiger partial charge in [0.05, 0.1) is 12.1 Å². The predicted octanol–water partition coefficient (Wildman–Crippen LogP) is 1.36. The van der Waals surface area contributed by atoms with Gasteiger partial charge >= 0.3 is 0 Å². The number of nitrogens with one attached hydrogen (secondary N) is 1. The van der Waals surface area contributed by atoms with Crippen LogP contribution in [0.5, 0.6) is 0 Å². The summed E-state index contributed by atoms with van der Waals surface area (Å²) in [6, 6.07) is 7.09. The Morgan fingerprint density at radius 2 is 1.76 bits per heavy atom. The van der Waals surface area contributed by atoms with Gasteiger partial charge in [0, 0.05) is 19.5 Å². The topological polar surface area (TPSA) is 69.6 Å². The molecule has 2 N–H and O–H groups in total. The highest BCUT2D eigenvalue weighted by molar-refractivity contribution is 7.87. The number of rotatable bonds is 3. The fourth-order valence-corrected chi connectivity index (χ4v) is 4.73. The molecule has 0 radical (unpaired) electrons. The number of hydrogen-bond acceptors (Lipinski definition) is 3. The Morgan fingerprint density at radius 1 is 1.10 bits per heavy atom. The number of aliphatic hydroxyl groups excluding tert-OH is 1. The van der Waals surface area contributed by atoms with E-state index in [9.17, 15) is 13.5 Å². The van der Waals surface area contributed by atoms with Crippen molar-refractivity contribution in [2.75, 3.05) is 13.1 Å². The highest BCUT2D eigenvalue weighted by Gasteiger charge is 2.35. The summed E-state index contributed by atoms with van der Waals surface area (Å²) in [7, 11) is -3.54. The maximum absolute atomic E-state index is 12.6. The molecule has 1 aromatic carbocycles. The Kier molecular flexibility index (Phi) is 4.31. The number of benzene rings is 1. The number of fused-ring (bicyclic) bond motifs is 1. The molecule has 2 atom stereocenters. The summed E-state index contributed by atoms with van der Waals surface area (Å²) in [5.41, 5.74) is 1.91. The van der Waals surface area contributed by atoms with E-state index >= 15 is 0 Å². The minimum absolute atomic E-state index is 0.503. The molecule has 5 nitrogen and oxygen atoms in total. The molecule has 0 bridgehead atoms. The summed E-state index contributed by atoms with van der Waals surface area (Å²) in [5, 5.41) is 10.2. The van der Waals surface area contributed by atoms with Crippen molar-refractivity contribution in [3.05, 3.63) is 35.4 Å². The van der Waals surface area contributed by atoms with E-state index in [1.807, 2.05) is 24.3 Å². The van der Waals surface area contributed by atoms with E-state index in [0.29, 0.717) is 19.5 Å². The normalized spacial score (nSPS) is 27.3. The third-order valence-electron chi connectivity index (χ3n) is 4.38. The lowest BCUT2D eigenvalue weighted by atomic mass is 10.1. The van der Waals surface area contributed by atoms with Gasteiger partial charge in [-0.05, 0) is 24.0 Å². The maximum atomic E-state index is 12.6. The molecule has 1 saturated heterocycles. The van der Waals surface area contributed by atoms with Gasteiger partial charge in [0.25, 0.3) is 10.2 Å². The van der Waals surface area contributed by atoms with Crippen LogP contribution in [0.2, 0.25) is 0 Å². The maximum Gasteiger partial charge on any atom is 0.280 e. The molecule has 1 heterocycles. The largest absolute Gasteiger partial charge is 0.391 e. The molecule has 6 heteroatoms. The first-order valence-corrected chi connectivity index (χ1v) is 9.05. The third kappa shape index (κ3) is 3.13. The van der Waals surface area contributed by atoms with E-state index in [2.05, 4.69) is 4.72 Å². The van der Waals surface area contributed by atoms with Crippen molar-refractivity contribution < 1.29 is 13.5 Å². The Labute approximate surface area is 126 Å². The predicted molar refractivity (Wildman–Crippen MR) is 81.0 cm³/mol. The first-order valence-electron chi connectivity index (χ1n) is 7.61. The van der Waals surface area contributed by atoms with Crippen LogP contribution in [0.25, 0.3) is 0 Å². The highest BCUT2D eigenvalue weighted by atomic mass is 32.2. The minimum atomic E-state index is -3.54. The van der Waals surface area contributed by atoms with Crippen molar-refractivity contribution in [1.29, 1.82) is 0 Å². The molecular weight excluding hydrogens is 288 g/mol. The molecular formula is C15H22N2O3S. The molecule has 2 unspecified atom stereocenters. The first kappa shape index (κ1) is 15.0. The van der Waals surface area contributed by atoms with Crippen molar-refractivity contribution in [2.45, 2.75) is 44.2 Å². The summed E-state index contributed by atoms with van der Waals surface area (Å²) >= 11 is 0. The zero-order valence-electron chi connectivity index (χ0n) is 12.0. The zero-order chi connectivity index (χ0) is 14.9. The minimum Gasteiger partial charge on any atom is -0.391 e. The molecule has 3 rings (SSSR count). The van der Waals surface area contributed by atoms with Crippen molar-refractivity contribution >= 4 is 10.2 Å². The van der Waals surface area contributed by atoms with Gasteiger partial charge < -0.3 is 5.11 Å². The van der Waals surface area contributed by atoms with Crippen LogP contribution in [0.1, 0.15) is 42.9 Å². The fraction of sp³-hybridized carbons (Fsp3) is 0.600. The Hall–Kier alpha value is -0.950. The van der Waals surface area contributed by atoms with E-state index in [1.165, 1.54) is 4.31 Å². The van der Waals surface area contributed by atoms with Crippen LogP contribution >= 0.6 is 0 Å². The van der Waals surface area contributed by atoms with E-state index in [1.54, 1.807) is 0 Å². The number of aliphatic hydroxyl groups is 1. The number of nitrogens with zero attached hydrogens (tertiary/aromatic N) is 1. The second-order valence-electron chi connectivity index (χ2n) is 5.88. The molecule has 21 heavy (non-hydrogen) atoms. The van der Waals surface area contributed by atoms with Crippen LogP contribution in [0.3, 0.4) is 0 Å². The molecule has 1 fully saturated rings. The van der Waals surface area contributed by atoms with Gasteiger partial charge in [-0.1, -0.05) is 37.1 Å². The molecule has 1 aliphatic heterocycles. The van der Waals surface area contributed by atoms with E-state index in [4.69, 9.17) is 0 Å². The average molecular weight is 310 g/mol. The van der Waals surface area contributed by atoms with Gasteiger partial charge in [0.15, 0.2) is 0 Å². The lowest BCUT2D eigenvalue weighted by Gasteiger charge is -2.25. The lowest BCUT2D eigenvalue weighted by molar-refractivity contribution is 0.150. The molecule has 0 spiro atoms. The van der Waals surface area contributed by atoms with Crippen molar-refractivity contribution in [3.63, 3.8) is 0 Å². The van der Waals surface area contributed by atoms with Crippen LogP contribution in [0.15, 0.2) is 24.3 Å². The van der Waals surface area contributed by atoms with E-state index in [0.717, 1.165) is 36.8 Å². The average Bonchev–Trinajstić information content (AvgIpc) is 2.67. The fourth-order valence-electron chi connectivity index (χ4n) is 3.23. The van der Waals surface area contributed by atoms with Gasteiger partial charge in [-0.3, -0.25) is 0 Å². The van der Waals surface area contributed by atoms with Crippen LogP contribution < -0.4 is 4.72 Å². The standard InChI is InChI=1S/C15H22N2O3S/c18-14-11-12-7-3-4-8-13(12)15(14)16-21(19,20)17-9-5-1-2-6-10-17/h3-4,7-8,14-16,18H,1-2,5-6,9-11H2. The molecule has 2 aliphatic rings. The Bertz CT molecular complexity index is 595. The quantitative estimate of drug-likeness (QED) is 0.885. The summed E-state index contributed by atoms with van der Waals surface area (Å²) in [6.07, 6.45) is 3.80. The van der Waals surface area contributed by atoms with Crippen molar-refractivity contribution in [3.8, 4) is 0 Å². The second kappa shape index (κ2) is 6.04. The molecule has 0 saturated carbocycles. The summed E-state index contributed by atoms with van der Waals surface area (Å²) < 4.78 is 29.3. The van der Waals surface area contributed by atoms with Crippen molar-refractivity contribution in [1.82, 2.24) is 9.03 Å². The Balaban J connectivity index is 1.79. The summed E-state index contributed by atoms with van der Waals surface area (Å²) in [5.74, 6) is 0. The molecule has 116 valence electrons. The van der Waals surface area contributed by atoms with Gasteiger partial charge in [0.1, 0.15) is 0 Å². The summed E-state index contributed by atoms with van der Waals surface area (Å²) in [6.45, 7) is 1.14. The van der Waals surface area contributed by atoms with Crippen LogP contribution in [0, 0.1) is 0 Å². The summed E-state index contributed by atoms with van der Waals surface area (Å²) in [4.78, 5) is 0. The Morgan fingerprint density at radius 3 is 2.48 bits per heavy atom. The highest BCUT2D eigenvalue weighted by Crippen LogP contribution is 2.32. The molecule has 1 aliphatic carbocycles. The van der Waals surface area contributed by atoms with E-state index < -0.39 is 22.4 Å². The monoisotopic (exact) mass is 310 g/mol. The number of hydrogen-bond donors (Lipinski definition) is 2. The molecule has 1 aromatic rings. The zero-order valence-corrected chi connectivity index (χ0v) is 12.8. The molecule has 0 amide bonds. The van der Waals surface area contributed by atoms with Gasteiger partial charge in [0.2, 0.25) is 0 Å². The van der Waals surface area contributed by atoms with Crippen LogP contribution in [0.4, 0.5) is 0 Å². The van der Waals surface area contributed by atoms with Crippen molar-refractivity contribution in [2.24, 2.45) is 0 Å². The van der Waals surface area contributed by atoms with E-state index in [-0.39, 0.29) is 0 Å². The van der Waals surface area contributed by atoms with Gasteiger partial charge in [-0.25, -0.2) is 0 Å². The van der Waals surface area contributed by atoms with Gasteiger partial charge in [-0.2, -0.15) is 17.4 Å². The second-order valence-corrected chi connectivity index (χ2v) is 7.59. The lowest BCUT2D eigenvalue weighted by Crippen LogP contribution is -2.44. The van der Waals surface area contributed by atoms with Crippen LogP contribution in [-0.2, 0) is 16.6 Å². The smallest absolute Gasteiger partial charge is 0.280 e. The first-order chi connectivity index (χ1) is 10.1. The van der Waals surface area contributed by atoms with Gasteiger partial charge in [-0.15, -0.1) is 0 Å². The van der Waals surface area contributed by atoms with Crippen LogP contribution in [-0.4, -0.2) is 37.0 Å².